The normalized spacial score (nSPS) is 10.1. The van der Waals surface area contributed by atoms with E-state index in [9.17, 15) is 4.39 Å². The summed E-state index contributed by atoms with van der Waals surface area (Å²) in [6.07, 6.45) is 0. The second kappa shape index (κ2) is 6.38. The third kappa shape index (κ3) is 3.47. The average molecular weight is 291 g/mol. The zero-order chi connectivity index (χ0) is 14.5. The highest BCUT2D eigenvalue weighted by Crippen LogP contribution is 2.26. The van der Waals surface area contributed by atoms with E-state index in [1.54, 1.807) is 18.2 Å². The summed E-state index contributed by atoms with van der Waals surface area (Å²) < 4.78 is 18.8. The van der Waals surface area contributed by atoms with Crippen molar-refractivity contribution in [3.8, 4) is 11.8 Å². The molecular formula is C15H12ClFN2O. The Morgan fingerprint density at radius 3 is 2.65 bits per heavy atom. The predicted molar refractivity (Wildman–Crippen MR) is 74.8 cm³/mol. The smallest absolute Gasteiger partial charge is 0.138 e. The van der Waals surface area contributed by atoms with Gasteiger partial charge in [0, 0.05) is 6.54 Å². The average Bonchev–Trinajstić information content (AvgIpc) is 2.45. The van der Waals surface area contributed by atoms with Gasteiger partial charge >= 0.3 is 0 Å². The largest absolute Gasteiger partial charge is 0.487 e. The molecule has 0 aliphatic rings. The zero-order valence-corrected chi connectivity index (χ0v) is 11.3. The predicted octanol–water partition coefficient (Wildman–Crippen LogP) is 3.39. The standard InChI is InChI=1S/C15H12ClFN2O/c16-14-6-10(7-18)1-2-15(14)20-9-12-3-11(8-19)4-13(17)5-12/h1-6H,7,9,18H2. The first-order chi connectivity index (χ1) is 9.62. The fourth-order valence-corrected chi connectivity index (χ4v) is 2.01. The van der Waals surface area contributed by atoms with Crippen molar-refractivity contribution in [3.05, 3.63) is 63.9 Å². The molecule has 2 aromatic carbocycles. The van der Waals surface area contributed by atoms with Gasteiger partial charge in [0.15, 0.2) is 0 Å². The molecule has 0 aliphatic heterocycles. The third-order valence-corrected chi connectivity index (χ3v) is 3.01. The van der Waals surface area contributed by atoms with Gasteiger partial charge in [0.2, 0.25) is 0 Å². The molecular weight excluding hydrogens is 279 g/mol. The van der Waals surface area contributed by atoms with Crippen LogP contribution in [0.2, 0.25) is 5.02 Å². The lowest BCUT2D eigenvalue weighted by atomic mass is 10.1. The Morgan fingerprint density at radius 2 is 2.00 bits per heavy atom. The Kier molecular flexibility index (Phi) is 4.57. The summed E-state index contributed by atoms with van der Waals surface area (Å²) >= 11 is 6.06. The monoisotopic (exact) mass is 290 g/mol. The van der Waals surface area contributed by atoms with Crippen molar-refractivity contribution < 1.29 is 9.13 Å². The van der Waals surface area contributed by atoms with E-state index in [1.807, 2.05) is 12.1 Å². The topological polar surface area (TPSA) is 59.0 Å². The fourth-order valence-electron chi connectivity index (χ4n) is 1.75. The van der Waals surface area contributed by atoms with Gasteiger partial charge in [0.25, 0.3) is 0 Å². The Morgan fingerprint density at radius 1 is 1.20 bits per heavy atom. The van der Waals surface area contributed by atoms with E-state index >= 15 is 0 Å². The Hall–Kier alpha value is -2.09. The maximum Gasteiger partial charge on any atom is 0.138 e. The Bertz CT molecular complexity index is 667. The molecule has 2 N–H and O–H groups in total. The first kappa shape index (κ1) is 14.3. The van der Waals surface area contributed by atoms with Gasteiger partial charge in [-0.1, -0.05) is 17.7 Å². The maximum atomic E-state index is 13.3. The van der Waals surface area contributed by atoms with Crippen molar-refractivity contribution in [2.45, 2.75) is 13.2 Å². The number of nitrogens with zero attached hydrogens (tertiary/aromatic N) is 1. The van der Waals surface area contributed by atoms with E-state index in [2.05, 4.69) is 0 Å². The number of ether oxygens (including phenoxy) is 1. The highest BCUT2D eigenvalue weighted by atomic mass is 35.5. The van der Waals surface area contributed by atoms with Gasteiger partial charge in [-0.15, -0.1) is 0 Å². The Balaban J connectivity index is 2.13. The molecule has 0 fully saturated rings. The Labute approximate surface area is 121 Å². The molecule has 0 saturated heterocycles. The minimum atomic E-state index is -0.466. The number of nitriles is 1. The molecule has 0 atom stereocenters. The van der Waals surface area contributed by atoms with E-state index < -0.39 is 5.82 Å². The second-order valence-corrected chi connectivity index (χ2v) is 4.62. The molecule has 0 radical (unpaired) electrons. The third-order valence-electron chi connectivity index (χ3n) is 2.71. The highest BCUT2D eigenvalue weighted by molar-refractivity contribution is 6.32. The van der Waals surface area contributed by atoms with Gasteiger partial charge in [-0.05, 0) is 41.5 Å². The van der Waals surface area contributed by atoms with Crippen LogP contribution in [0.1, 0.15) is 16.7 Å². The lowest BCUT2D eigenvalue weighted by Gasteiger charge is -2.09. The molecule has 102 valence electrons. The van der Waals surface area contributed by atoms with Crippen molar-refractivity contribution in [2.24, 2.45) is 5.73 Å². The summed E-state index contributed by atoms with van der Waals surface area (Å²) in [5, 5.41) is 9.23. The minimum absolute atomic E-state index is 0.133. The van der Waals surface area contributed by atoms with Crippen LogP contribution >= 0.6 is 11.6 Å². The summed E-state index contributed by atoms with van der Waals surface area (Å²) in [5.41, 5.74) is 7.24. The van der Waals surface area contributed by atoms with Crippen molar-refractivity contribution in [1.82, 2.24) is 0 Å². The molecule has 0 amide bonds. The molecule has 0 aliphatic carbocycles. The number of benzene rings is 2. The molecule has 0 bridgehead atoms. The molecule has 20 heavy (non-hydrogen) atoms. The van der Waals surface area contributed by atoms with E-state index in [-0.39, 0.29) is 12.2 Å². The second-order valence-electron chi connectivity index (χ2n) is 4.22. The maximum absolute atomic E-state index is 13.3. The quantitative estimate of drug-likeness (QED) is 0.939. The van der Waals surface area contributed by atoms with Crippen LogP contribution in [0.5, 0.6) is 5.75 Å². The molecule has 2 rings (SSSR count). The SMILES string of the molecule is N#Cc1cc(F)cc(COc2ccc(CN)cc2Cl)c1. The van der Waals surface area contributed by atoms with E-state index in [1.165, 1.54) is 12.1 Å². The van der Waals surface area contributed by atoms with Gasteiger partial charge in [0.05, 0.1) is 16.7 Å². The molecule has 5 heteroatoms. The molecule has 0 unspecified atom stereocenters. The number of hydrogen-bond donors (Lipinski definition) is 1. The first-order valence-electron chi connectivity index (χ1n) is 5.93. The van der Waals surface area contributed by atoms with Crippen LogP contribution in [-0.2, 0) is 13.2 Å². The molecule has 3 nitrogen and oxygen atoms in total. The van der Waals surface area contributed by atoms with Crippen molar-refractivity contribution >= 4 is 11.6 Å². The van der Waals surface area contributed by atoms with E-state index in [0.29, 0.717) is 22.9 Å². The summed E-state index contributed by atoms with van der Waals surface area (Å²) in [4.78, 5) is 0. The first-order valence-corrected chi connectivity index (χ1v) is 6.31. The summed E-state index contributed by atoms with van der Waals surface area (Å²) in [6, 6.07) is 11.2. The van der Waals surface area contributed by atoms with Crippen molar-refractivity contribution in [1.29, 1.82) is 5.26 Å². The molecule has 0 saturated carbocycles. The highest BCUT2D eigenvalue weighted by Gasteiger charge is 2.05. The summed E-state index contributed by atoms with van der Waals surface area (Å²) in [6.45, 7) is 0.531. The van der Waals surface area contributed by atoms with Gasteiger partial charge in [-0.2, -0.15) is 5.26 Å². The molecule has 2 aromatic rings. The van der Waals surface area contributed by atoms with Crippen LogP contribution in [0.3, 0.4) is 0 Å². The number of hydrogen-bond acceptors (Lipinski definition) is 3. The van der Waals surface area contributed by atoms with E-state index in [0.717, 1.165) is 5.56 Å². The van der Waals surface area contributed by atoms with Crippen molar-refractivity contribution in [3.63, 3.8) is 0 Å². The van der Waals surface area contributed by atoms with Gasteiger partial charge in [-0.3, -0.25) is 0 Å². The molecule has 0 spiro atoms. The van der Waals surface area contributed by atoms with Gasteiger partial charge < -0.3 is 10.5 Å². The minimum Gasteiger partial charge on any atom is -0.487 e. The molecule has 0 heterocycles. The van der Waals surface area contributed by atoms with Gasteiger partial charge in [0.1, 0.15) is 18.2 Å². The van der Waals surface area contributed by atoms with Crippen molar-refractivity contribution in [2.75, 3.05) is 0 Å². The van der Waals surface area contributed by atoms with Crippen LogP contribution in [0.15, 0.2) is 36.4 Å². The number of halogens is 2. The fraction of sp³-hybridized carbons (Fsp3) is 0.133. The van der Waals surface area contributed by atoms with Gasteiger partial charge in [-0.25, -0.2) is 4.39 Å². The van der Waals surface area contributed by atoms with E-state index in [4.69, 9.17) is 27.3 Å². The van der Waals surface area contributed by atoms with Crippen LogP contribution in [0.4, 0.5) is 4.39 Å². The number of nitrogens with two attached hydrogens (primary N) is 1. The summed E-state index contributed by atoms with van der Waals surface area (Å²) in [7, 11) is 0. The number of rotatable bonds is 4. The lowest BCUT2D eigenvalue weighted by Crippen LogP contribution is -1.99. The van der Waals surface area contributed by atoms with Crippen LogP contribution < -0.4 is 10.5 Å². The van der Waals surface area contributed by atoms with Crippen LogP contribution in [0.25, 0.3) is 0 Å². The molecule has 0 aromatic heterocycles. The van der Waals surface area contributed by atoms with Crippen LogP contribution in [-0.4, -0.2) is 0 Å². The lowest BCUT2D eigenvalue weighted by molar-refractivity contribution is 0.305. The summed E-state index contributed by atoms with van der Waals surface area (Å²) in [5.74, 6) is 0.0267. The zero-order valence-electron chi connectivity index (χ0n) is 10.6. The van der Waals surface area contributed by atoms with Crippen LogP contribution in [0, 0.1) is 17.1 Å².